The predicted molar refractivity (Wildman–Crippen MR) is 108 cm³/mol. The van der Waals surface area contributed by atoms with Gasteiger partial charge in [0.25, 0.3) is 5.91 Å². The van der Waals surface area contributed by atoms with Gasteiger partial charge in [0.15, 0.2) is 0 Å². The van der Waals surface area contributed by atoms with Gasteiger partial charge in [-0.25, -0.2) is 0 Å². The molecule has 4 rings (SSSR count). The van der Waals surface area contributed by atoms with E-state index < -0.39 is 0 Å². The number of fused-ring (bicyclic) bond motifs is 1. The van der Waals surface area contributed by atoms with Crippen LogP contribution in [0, 0.1) is 5.92 Å². The van der Waals surface area contributed by atoms with Gasteiger partial charge in [-0.2, -0.15) is 0 Å². The van der Waals surface area contributed by atoms with Gasteiger partial charge in [-0.05, 0) is 61.7 Å². The van der Waals surface area contributed by atoms with Gasteiger partial charge in [0, 0.05) is 30.6 Å². The minimum atomic E-state index is -0.0595. The van der Waals surface area contributed by atoms with Gasteiger partial charge in [0.2, 0.25) is 0 Å². The topological polar surface area (TPSA) is 52.6 Å². The van der Waals surface area contributed by atoms with Gasteiger partial charge in [0.1, 0.15) is 5.75 Å². The van der Waals surface area contributed by atoms with Gasteiger partial charge in [-0.3, -0.25) is 4.79 Å². The van der Waals surface area contributed by atoms with Crippen molar-refractivity contribution in [2.45, 2.75) is 25.3 Å². The van der Waals surface area contributed by atoms with Gasteiger partial charge in [0.05, 0.1) is 0 Å². The Hall–Kier alpha value is -2.59. The highest BCUT2D eigenvalue weighted by atomic mass is 16.3. The summed E-state index contributed by atoms with van der Waals surface area (Å²) in [6.07, 6.45) is 3.02. The highest BCUT2D eigenvalue weighted by molar-refractivity contribution is 5.94. The first-order valence-corrected chi connectivity index (χ1v) is 9.67. The second-order valence-corrected chi connectivity index (χ2v) is 7.65. The van der Waals surface area contributed by atoms with Crippen LogP contribution in [0.15, 0.2) is 60.2 Å². The maximum Gasteiger partial charge on any atom is 0.251 e. The van der Waals surface area contributed by atoms with Crippen LogP contribution in [0.2, 0.25) is 0 Å². The highest BCUT2D eigenvalue weighted by Crippen LogP contribution is 2.40. The Bertz CT molecular complexity index is 842. The molecule has 4 nitrogen and oxygen atoms in total. The fraction of sp³-hybridized carbons (Fsp3) is 0.348. The zero-order valence-corrected chi connectivity index (χ0v) is 15.7. The zero-order chi connectivity index (χ0) is 18.8. The molecular weight excluding hydrogens is 336 g/mol. The number of hydrogen-bond donors (Lipinski definition) is 2. The van der Waals surface area contributed by atoms with Crippen molar-refractivity contribution in [3.63, 3.8) is 0 Å². The molecule has 0 saturated carbocycles. The summed E-state index contributed by atoms with van der Waals surface area (Å²) in [6.45, 7) is 2.05. The largest absolute Gasteiger partial charge is 0.508 e. The Morgan fingerprint density at radius 1 is 1.07 bits per heavy atom. The summed E-state index contributed by atoms with van der Waals surface area (Å²) in [4.78, 5) is 15.1. The third-order valence-corrected chi connectivity index (χ3v) is 5.87. The zero-order valence-electron chi connectivity index (χ0n) is 15.7. The van der Waals surface area contributed by atoms with E-state index in [1.165, 1.54) is 16.7 Å². The molecule has 0 aromatic heterocycles. The van der Waals surface area contributed by atoms with Crippen LogP contribution >= 0.6 is 0 Å². The highest BCUT2D eigenvalue weighted by Gasteiger charge is 2.36. The molecule has 1 aliphatic heterocycles. The van der Waals surface area contributed by atoms with Gasteiger partial charge in [-0.1, -0.05) is 35.9 Å². The Morgan fingerprint density at radius 2 is 1.81 bits per heavy atom. The molecule has 4 heteroatoms. The van der Waals surface area contributed by atoms with E-state index in [0.717, 1.165) is 32.4 Å². The Balaban J connectivity index is 1.59. The average molecular weight is 362 g/mol. The molecule has 1 heterocycles. The fourth-order valence-electron chi connectivity index (χ4n) is 4.45. The smallest absolute Gasteiger partial charge is 0.251 e. The molecule has 2 N–H and O–H groups in total. The number of rotatable bonds is 3. The van der Waals surface area contributed by atoms with Crippen LogP contribution in [0.4, 0.5) is 0 Å². The molecule has 1 fully saturated rings. The summed E-state index contributed by atoms with van der Waals surface area (Å²) >= 11 is 0. The molecule has 0 bridgehead atoms. The number of carbonyl (C=O) groups is 1. The molecule has 2 aromatic carbocycles. The first-order valence-electron chi connectivity index (χ1n) is 9.67. The molecule has 1 aliphatic carbocycles. The van der Waals surface area contributed by atoms with Gasteiger partial charge >= 0.3 is 0 Å². The van der Waals surface area contributed by atoms with Crippen molar-refractivity contribution in [3.8, 4) is 5.75 Å². The summed E-state index contributed by atoms with van der Waals surface area (Å²) < 4.78 is 0. The standard InChI is InChI=1S/C23H26N2O2/c1-25-14-13-20-19(16-5-3-2-4-6-16)11-12-22(21(20)15-25)24-23(27)17-7-9-18(26)10-8-17/h2-10,21-22,26H,11-15H2,1H3,(H,24,27)/t21-,22+/m0/s1. The normalized spacial score (nSPS) is 23.0. The quantitative estimate of drug-likeness (QED) is 0.876. The number of likely N-dealkylation sites (tertiary alicyclic amines) is 1. The fourth-order valence-corrected chi connectivity index (χ4v) is 4.45. The SMILES string of the molecule is CN1CCC2=C(c3ccccc3)CC[C@@H](NC(=O)c3ccc(O)cc3)[C@H]2C1. The summed E-state index contributed by atoms with van der Waals surface area (Å²) in [5.74, 6) is 0.473. The predicted octanol–water partition coefficient (Wildman–Crippen LogP) is 3.69. The van der Waals surface area contributed by atoms with Crippen LogP contribution in [0.5, 0.6) is 5.75 Å². The van der Waals surface area contributed by atoms with Gasteiger partial charge in [-0.15, -0.1) is 0 Å². The second-order valence-electron chi connectivity index (χ2n) is 7.65. The summed E-state index contributed by atoms with van der Waals surface area (Å²) in [5.41, 5.74) is 4.91. The van der Waals surface area contributed by atoms with Crippen molar-refractivity contribution in [3.05, 3.63) is 71.3 Å². The Labute approximate surface area is 160 Å². The number of piperidine rings is 1. The van der Waals surface area contributed by atoms with E-state index in [-0.39, 0.29) is 17.7 Å². The lowest BCUT2D eigenvalue weighted by atomic mass is 9.74. The van der Waals surface area contributed by atoms with E-state index in [1.807, 2.05) is 0 Å². The molecule has 1 amide bonds. The second kappa shape index (κ2) is 7.57. The van der Waals surface area contributed by atoms with E-state index >= 15 is 0 Å². The van der Waals surface area contributed by atoms with Crippen LogP contribution in [-0.2, 0) is 0 Å². The summed E-state index contributed by atoms with van der Waals surface area (Å²) in [5, 5.41) is 12.7. The van der Waals surface area contributed by atoms with Crippen molar-refractivity contribution in [1.29, 1.82) is 0 Å². The number of phenols is 1. The van der Waals surface area contributed by atoms with E-state index in [9.17, 15) is 9.90 Å². The van der Waals surface area contributed by atoms with Crippen LogP contribution in [0.1, 0.15) is 35.2 Å². The molecule has 2 aliphatic rings. The number of carbonyl (C=O) groups excluding carboxylic acids is 1. The van der Waals surface area contributed by atoms with Crippen molar-refractivity contribution in [2.24, 2.45) is 5.92 Å². The third-order valence-electron chi connectivity index (χ3n) is 5.87. The van der Waals surface area contributed by atoms with E-state index in [2.05, 4.69) is 47.6 Å². The number of hydrogen-bond acceptors (Lipinski definition) is 3. The van der Waals surface area contributed by atoms with Crippen LogP contribution in [0.25, 0.3) is 5.57 Å². The maximum atomic E-state index is 12.7. The third kappa shape index (κ3) is 3.76. The van der Waals surface area contributed by atoms with Crippen LogP contribution in [0.3, 0.4) is 0 Å². The molecule has 0 unspecified atom stereocenters. The number of aromatic hydroxyl groups is 1. The number of amides is 1. The molecule has 1 saturated heterocycles. The number of phenolic OH excluding ortho intramolecular Hbond substituents is 1. The Morgan fingerprint density at radius 3 is 2.56 bits per heavy atom. The lowest BCUT2D eigenvalue weighted by molar-refractivity contribution is 0.0909. The molecule has 140 valence electrons. The van der Waals surface area contributed by atoms with Gasteiger partial charge < -0.3 is 15.3 Å². The molecule has 2 atom stereocenters. The first-order chi connectivity index (χ1) is 13.1. The van der Waals surface area contributed by atoms with Crippen LogP contribution < -0.4 is 5.32 Å². The average Bonchev–Trinajstić information content (AvgIpc) is 2.69. The molecule has 2 aromatic rings. The minimum Gasteiger partial charge on any atom is -0.508 e. The van der Waals surface area contributed by atoms with Crippen molar-refractivity contribution in [1.82, 2.24) is 10.2 Å². The Kier molecular flexibility index (Phi) is 4.99. The first kappa shape index (κ1) is 17.8. The van der Waals surface area contributed by atoms with E-state index in [4.69, 9.17) is 0 Å². The summed E-state index contributed by atoms with van der Waals surface area (Å²) in [6, 6.07) is 17.3. The molecular formula is C23H26N2O2. The lowest BCUT2D eigenvalue weighted by Gasteiger charge is -2.42. The molecule has 0 radical (unpaired) electrons. The van der Waals surface area contributed by atoms with E-state index in [0.29, 0.717) is 11.5 Å². The van der Waals surface area contributed by atoms with Crippen molar-refractivity contribution in [2.75, 3.05) is 20.1 Å². The summed E-state index contributed by atoms with van der Waals surface area (Å²) in [7, 11) is 2.16. The van der Waals surface area contributed by atoms with Crippen molar-refractivity contribution < 1.29 is 9.90 Å². The van der Waals surface area contributed by atoms with Crippen LogP contribution in [-0.4, -0.2) is 42.1 Å². The van der Waals surface area contributed by atoms with Crippen molar-refractivity contribution >= 4 is 11.5 Å². The minimum absolute atomic E-state index is 0.0595. The number of benzene rings is 2. The monoisotopic (exact) mass is 362 g/mol. The molecule has 0 spiro atoms. The van der Waals surface area contributed by atoms with E-state index in [1.54, 1.807) is 24.3 Å². The molecule has 27 heavy (non-hydrogen) atoms. The number of nitrogens with one attached hydrogen (secondary N) is 1. The maximum absolute atomic E-state index is 12.7. The number of nitrogens with zero attached hydrogens (tertiary/aromatic N) is 1. The lowest BCUT2D eigenvalue weighted by Crippen LogP contribution is -2.49. The number of allylic oxidation sites excluding steroid dienone is 1.